The Kier molecular flexibility index (Phi) is 15.9. The fourth-order valence-corrected chi connectivity index (χ4v) is 7.68. The molecule has 1 aliphatic carbocycles. The normalized spacial score (nSPS) is 24.5. The highest BCUT2D eigenvalue weighted by molar-refractivity contribution is 5.94. The summed E-state index contributed by atoms with van der Waals surface area (Å²) < 4.78 is 29.2. The number of nitrogens with zero attached hydrogens (tertiary/aromatic N) is 2. The fourth-order valence-electron chi connectivity index (χ4n) is 7.68. The zero-order chi connectivity index (χ0) is 39.5. The number of rotatable bonds is 18. The van der Waals surface area contributed by atoms with Crippen LogP contribution in [-0.2, 0) is 35.2 Å². The molecule has 1 aromatic rings. The Bertz CT molecular complexity index is 1500. The summed E-state index contributed by atoms with van der Waals surface area (Å²) in [5.74, 6) is -2.53. The number of amides is 5. The first kappa shape index (κ1) is 42.8. The van der Waals surface area contributed by atoms with Gasteiger partial charge >= 0.3 is 0 Å². The van der Waals surface area contributed by atoms with E-state index in [2.05, 4.69) is 26.6 Å². The van der Waals surface area contributed by atoms with E-state index < -0.39 is 78.1 Å². The van der Waals surface area contributed by atoms with Gasteiger partial charge in [0, 0.05) is 12.8 Å². The van der Waals surface area contributed by atoms with Crippen molar-refractivity contribution in [2.75, 3.05) is 27.2 Å². The Balaban J connectivity index is 1.38. The van der Waals surface area contributed by atoms with Crippen molar-refractivity contribution in [3.63, 3.8) is 0 Å². The summed E-state index contributed by atoms with van der Waals surface area (Å²) in [6.07, 6.45) is 2.37. The number of Topliss-reactive ketones (excluding diaryl/α,β-unsaturated/α-hetero) is 1. The van der Waals surface area contributed by atoms with Crippen molar-refractivity contribution in [1.29, 1.82) is 0 Å². The van der Waals surface area contributed by atoms with E-state index in [0.29, 0.717) is 25.7 Å². The highest BCUT2D eigenvalue weighted by Gasteiger charge is 2.43. The summed E-state index contributed by atoms with van der Waals surface area (Å²) in [7, 11) is 3.24. The van der Waals surface area contributed by atoms with Gasteiger partial charge in [0.05, 0.1) is 37.3 Å². The van der Waals surface area contributed by atoms with Crippen molar-refractivity contribution in [1.82, 2.24) is 36.4 Å². The number of fused-ring (bicyclic) bond motifs is 1. The van der Waals surface area contributed by atoms with Gasteiger partial charge in [0.25, 0.3) is 0 Å². The molecule has 54 heavy (non-hydrogen) atoms. The maximum absolute atomic E-state index is 14.9. The summed E-state index contributed by atoms with van der Waals surface area (Å²) in [6, 6.07) is 2.68. The third-order valence-electron chi connectivity index (χ3n) is 11.1. The van der Waals surface area contributed by atoms with Crippen molar-refractivity contribution in [3.8, 4) is 0 Å². The number of likely N-dealkylation sites (N-methyl/N-ethyl adjacent to an activating group) is 2. The van der Waals surface area contributed by atoms with Crippen molar-refractivity contribution >= 4 is 35.3 Å². The van der Waals surface area contributed by atoms with Crippen LogP contribution >= 0.6 is 0 Å². The molecule has 0 saturated carbocycles. The van der Waals surface area contributed by atoms with E-state index in [9.17, 15) is 37.5 Å². The Labute approximate surface area is 317 Å². The smallest absolute Gasteiger partial charge is 0.245 e. The van der Waals surface area contributed by atoms with Gasteiger partial charge in [0.1, 0.15) is 30.5 Å². The van der Waals surface area contributed by atoms with Gasteiger partial charge in [-0.2, -0.15) is 0 Å². The summed E-state index contributed by atoms with van der Waals surface area (Å²) in [5.41, 5.74) is 2.20. The predicted molar refractivity (Wildman–Crippen MR) is 200 cm³/mol. The number of likely N-dealkylation sites (tertiary alicyclic amines) is 2. The van der Waals surface area contributed by atoms with E-state index in [1.807, 2.05) is 24.3 Å². The van der Waals surface area contributed by atoms with Crippen molar-refractivity contribution in [2.24, 2.45) is 0 Å². The lowest BCUT2D eigenvalue weighted by Crippen LogP contribution is -2.55. The second kappa shape index (κ2) is 20.1. The first-order valence-corrected chi connectivity index (χ1v) is 19.5. The second-order valence-corrected chi connectivity index (χ2v) is 15.1. The first-order valence-electron chi connectivity index (χ1n) is 19.5. The minimum absolute atomic E-state index is 0.0674. The summed E-state index contributed by atoms with van der Waals surface area (Å²) in [6.45, 7) is 4.18. The molecule has 9 atom stereocenters. The van der Waals surface area contributed by atoms with Crippen LogP contribution in [0.5, 0.6) is 0 Å². The fraction of sp³-hybridized carbons (Fsp3) is 0.692. The topological polar surface area (TPSA) is 169 Å². The van der Waals surface area contributed by atoms with E-state index in [-0.39, 0.29) is 50.6 Å². The minimum Gasteiger partial charge on any atom is -0.347 e. The number of carbonyl (C=O) groups excluding carboxylic acids is 6. The third-order valence-corrected chi connectivity index (χ3v) is 11.1. The highest BCUT2D eigenvalue weighted by atomic mass is 19.1. The molecule has 13 nitrogen and oxygen atoms in total. The van der Waals surface area contributed by atoms with Crippen LogP contribution < -0.4 is 26.6 Å². The molecule has 3 aliphatic rings. The van der Waals surface area contributed by atoms with Gasteiger partial charge < -0.3 is 36.4 Å². The van der Waals surface area contributed by atoms with Crippen LogP contribution in [0.25, 0.3) is 0 Å². The molecule has 5 amide bonds. The van der Waals surface area contributed by atoms with Crippen LogP contribution in [0.3, 0.4) is 0 Å². The molecule has 2 fully saturated rings. The van der Waals surface area contributed by atoms with Gasteiger partial charge in [-0.25, -0.2) is 8.78 Å². The number of carbonyl (C=O) groups is 6. The van der Waals surface area contributed by atoms with Gasteiger partial charge in [0.15, 0.2) is 5.78 Å². The van der Waals surface area contributed by atoms with E-state index >= 15 is 0 Å². The Morgan fingerprint density at radius 2 is 1.26 bits per heavy atom. The molecule has 300 valence electrons. The molecule has 2 aliphatic heterocycles. The average Bonchev–Trinajstić information content (AvgIpc) is 3.76. The van der Waals surface area contributed by atoms with Gasteiger partial charge in [-0.05, 0) is 78.1 Å². The lowest BCUT2D eigenvalue weighted by Gasteiger charge is -2.31. The first-order chi connectivity index (χ1) is 25.7. The van der Waals surface area contributed by atoms with E-state index in [1.165, 1.54) is 16.7 Å². The molecule has 0 spiro atoms. The van der Waals surface area contributed by atoms with Crippen LogP contribution in [0, 0.1) is 0 Å². The number of alkyl halides is 2. The number of aryl methyl sites for hydroxylation is 1. The summed E-state index contributed by atoms with van der Waals surface area (Å²) in [5, 5.41) is 14.3. The number of nitrogens with one attached hydrogen (secondary N) is 5. The molecular weight excluding hydrogens is 700 g/mol. The number of ketones is 1. The van der Waals surface area contributed by atoms with Gasteiger partial charge in [0.2, 0.25) is 29.5 Å². The number of benzene rings is 1. The number of hydrogen-bond donors (Lipinski definition) is 5. The molecule has 0 bridgehead atoms. The van der Waals surface area contributed by atoms with Crippen LogP contribution in [-0.4, -0.2) is 121 Å². The van der Waals surface area contributed by atoms with Gasteiger partial charge in [-0.1, -0.05) is 49.9 Å². The van der Waals surface area contributed by atoms with Gasteiger partial charge in [-0.3, -0.25) is 28.8 Å². The van der Waals surface area contributed by atoms with E-state index in [4.69, 9.17) is 0 Å². The molecule has 4 rings (SSSR count). The number of hydrogen-bond acceptors (Lipinski definition) is 8. The predicted octanol–water partition coefficient (Wildman–Crippen LogP) is 2.17. The summed E-state index contributed by atoms with van der Waals surface area (Å²) in [4.78, 5) is 81.6. The van der Waals surface area contributed by atoms with E-state index in [1.54, 1.807) is 27.9 Å². The molecule has 2 saturated heterocycles. The Morgan fingerprint density at radius 3 is 1.78 bits per heavy atom. The number of halogens is 2. The summed E-state index contributed by atoms with van der Waals surface area (Å²) >= 11 is 0. The molecule has 0 radical (unpaired) electrons. The molecule has 0 aromatic heterocycles. The zero-order valence-electron chi connectivity index (χ0n) is 32.3. The van der Waals surface area contributed by atoms with Gasteiger partial charge in [-0.15, -0.1) is 0 Å². The molecule has 1 aromatic carbocycles. The maximum atomic E-state index is 14.9. The van der Waals surface area contributed by atoms with Crippen molar-refractivity contribution in [2.45, 2.75) is 146 Å². The SMILES string of the molecule is CNC(C)C(=O)NC(CCCCCCC(NC(=O)C(C)NC)C(=O)N1CC(F)C[C@H]1C(=O)NC1CCCc2ccccc21)C(=O)N1CC(F)CC1C(C)=O. The number of unbranched alkanes of at least 4 members (excludes halogenated alkanes) is 3. The Hall–Kier alpha value is -3.98. The minimum atomic E-state index is -1.38. The maximum Gasteiger partial charge on any atom is 0.245 e. The lowest BCUT2D eigenvalue weighted by molar-refractivity contribution is -0.142. The highest BCUT2D eigenvalue weighted by Crippen LogP contribution is 2.31. The molecule has 8 unspecified atom stereocenters. The van der Waals surface area contributed by atoms with Crippen LogP contribution in [0.2, 0.25) is 0 Å². The quantitative estimate of drug-likeness (QED) is 0.142. The largest absolute Gasteiger partial charge is 0.347 e. The average molecular weight is 760 g/mol. The van der Waals surface area contributed by atoms with E-state index in [0.717, 1.165) is 30.4 Å². The standard InChI is InChI=1S/C39H59F2N7O6/c1-23(42-4)35(50)45-31(38(53)47-21-27(40)19-33(47)25(3)49)16-8-6-7-9-17-32(46-36(51)24(2)43-5)39(54)48-22-28(41)20-34(48)37(52)44-30-18-12-14-26-13-10-11-15-29(26)30/h10-11,13,15,23-24,27-28,30-34,42-43H,6-9,12,14,16-22H2,1-5H3,(H,44,52)(H,45,50)(H,46,51)/t23?,24?,27?,28?,30?,31?,32?,33?,34-/m0/s1. The van der Waals surface area contributed by atoms with Crippen molar-refractivity contribution in [3.05, 3.63) is 35.4 Å². The lowest BCUT2D eigenvalue weighted by atomic mass is 9.87. The second-order valence-electron chi connectivity index (χ2n) is 15.1. The van der Waals surface area contributed by atoms with Crippen molar-refractivity contribution < 1.29 is 37.5 Å². The third kappa shape index (κ3) is 11.0. The Morgan fingerprint density at radius 1 is 0.759 bits per heavy atom. The molecule has 2 heterocycles. The monoisotopic (exact) mass is 759 g/mol. The molecule has 15 heteroatoms. The van der Waals surface area contributed by atoms with Crippen LogP contribution in [0.1, 0.15) is 102 Å². The molecular formula is C39H59F2N7O6. The van der Waals surface area contributed by atoms with Crippen LogP contribution in [0.4, 0.5) is 8.78 Å². The van der Waals surface area contributed by atoms with Crippen LogP contribution in [0.15, 0.2) is 24.3 Å². The zero-order valence-corrected chi connectivity index (χ0v) is 32.3. The molecule has 5 N–H and O–H groups in total.